The fraction of sp³-hybridized carbons (Fsp3) is 0.440. The van der Waals surface area contributed by atoms with Crippen LogP contribution in [-0.4, -0.2) is 5.78 Å². The van der Waals surface area contributed by atoms with Gasteiger partial charge in [0.05, 0.1) is 16.9 Å². The minimum absolute atomic E-state index is 0.142. The Balaban J connectivity index is 0.000000169. The van der Waals surface area contributed by atoms with Crippen molar-refractivity contribution in [3.63, 3.8) is 0 Å². The van der Waals surface area contributed by atoms with Gasteiger partial charge in [0.1, 0.15) is 5.78 Å². The lowest BCUT2D eigenvalue weighted by molar-refractivity contribution is -0.127. The zero-order valence-corrected chi connectivity index (χ0v) is 20.1. The second-order valence-electron chi connectivity index (χ2n) is 8.17. The third-order valence-corrected chi connectivity index (χ3v) is 7.49. The lowest BCUT2D eigenvalue weighted by atomic mass is 9.61. The second kappa shape index (κ2) is 9.58. The summed E-state index contributed by atoms with van der Waals surface area (Å²) in [6, 6.07) is 18.8. The molecule has 4 heteroatoms. The van der Waals surface area contributed by atoms with Crippen LogP contribution in [-0.2, 0) is 15.6 Å². The van der Waals surface area contributed by atoms with Crippen LogP contribution in [0, 0.1) is 11.3 Å². The lowest BCUT2D eigenvalue weighted by Gasteiger charge is -2.41. The molecule has 0 heterocycles. The third kappa shape index (κ3) is 4.67. The minimum atomic E-state index is -0.166. The molecule has 2 aromatic carbocycles. The van der Waals surface area contributed by atoms with Crippen molar-refractivity contribution < 1.29 is 4.79 Å². The van der Waals surface area contributed by atoms with E-state index >= 15 is 0 Å². The number of nitriles is 1. The van der Waals surface area contributed by atoms with Crippen LogP contribution in [0.4, 0.5) is 0 Å². The van der Waals surface area contributed by atoms with Crippen molar-refractivity contribution >= 4 is 37.6 Å². The summed E-state index contributed by atoms with van der Waals surface area (Å²) in [5.41, 5.74) is 2.07. The average Bonchev–Trinajstić information content (AvgIpc) is 2.64. The van der Waals surface area contributed by atoms with Gasteiger partial charge in [0.15, 0.2) is 0 Å². The standard InChI is InChI=1S/C14H17BrO.C11H10BrN/c1-2-4-13(16)14(9-3-10-14)11-5-7-12(15)8-6-11;12-10-4-2-9(3-5-10)11(8-13)6-1-7-11/h5-8H,2-4,9-10H2,1H3;2-5H,1,6-7H2. The van der Waals surface area contributed by atoms with Crippen molar-refractivity contribution in [2.24, 2.45) is 0 Å². The van der Waals surface area contributed by atoms with Gasteiger partial charge in [-0.3, -0.25) is 4.79 Å². The molecule has 2 aliphatic rings. The normalized spacial score (nSPS) is 18.3. The molecule has 2 saturated carbocycles. The van der Waals surface area contributed by atoms with Gasteiger partial charge in [-0.2, -0.15) is 5.26 Å². The van der Waals surface area contributed by atoms with E-state index in [-0.39, 0.29) is 10.8 Å². The van der Waals surface area contributed by atoms with Gasteiger partial charge >= 0.3 is 0 Å². The minimum Gasteiger partial charge on any atom is -0.299 e. The fourth-order valence-electron chi connectivity index (χ4n) is 4.26. The van der Waals surface area contributed by atoms with Crippen LogP contribution >= 0.6 is 31.9 Å². The zero-order chi connectivity index (χ0) is 20.9. The first-order chi connectivity index (χ1) is 14.0. The Hall–Kier alpha value is -1.44. The van der Waals surface area contributed by atoms with Gasteiger partial charge in [0, 0.05) is 15.4 Å². The summed E-state index contributed by atoms with van der Waals surface area (Å²) in [4.78, 5) is 12.2. The topological polar surface area (TPSA) is 40.9 Å². The SMILES string of the molecule is CCCC(=O)C1(c2ccc(Br)cc2)CCC1.N#CC1(c2ccc(Br)cc2)CCC1. The number of ketones is 1. The first-order valence-electron chi connectivity index (χ1n) is 10.4. The van der Waals surface area contributed by atoms with Gasteiger partial charge in [-0.1, -0.05) is 69.5 Å². The molecule has 2 fully saturated rings. The smallest absolute Gasteiger partial charge is 0.143 e. The van der Waals surface area contributed by atoms with Crippen molar-refractivity contribution in [2.75, 3.05) is 0 Å². The summed E-state index contributed by atoms with van der Waals surface area (Å²) in [5, 5.41) is 9.10. The molecule has 2 nitrogen and oxygen atoms in total. The quantitative estimate of drug-likeness (QED) is 0.409. The molecule has 0 aliphatic heterocycles. The van der Waals surface area contributed by atoms with Crippen molar-refractivity contribution in [3.05, 3.63) is 68.6 Å². The van der Waals surface area contributed by atoms with Crippen LogP contribution in [0.2, 0.25) is 0 Å². The molecule has 0 aromatic heterocycles. The molecule has 2 aromatic rings. The molecular weight excluding hydrogens is 490 g/mol. The number of carbonyl (C=O) groups excluding carboxylic acids is 1. The number of nitrogens with zero attached hydrogens (tertiary/aromatic N) is 1. The fourth-order valence-corrected chi connectivity index (χ4v) is 4.79. The lowest BCUT2D eigenvalue weighted by Crippen LogP contribution is -2.42. The number of hydrogen-bond donors (Lipinski definition) is 0. The summed E-state index contributed by atoms with van der Waals surface area (Å²) in [7, 11) is 0. The first-order valence-corrected chi connectivity index (χ1v) is 12.0. The van der Waals surface area contributed by atoms with E-state index in [0.29, 0.717) is 5.78 Å². The van der Waals surface area contributed by atoms with E-state index in [9.17, 15) is 4.79 Å². The maximum Gasteiger partial charge on any atom is 0.143 e. The van der Waals surface area contributed by atoms with Crippen LogP contribution in [0.25, 0.3) is 0 Å². The Labute approximate surface area is 191 Å². The van der Waals surface area contributed by atoms with E-state index in [1.807, 2.05) is 36.4 Å². The predicted octanol–water partition coefficient (Wildman–Crippen LogP) is 7.63. The molecule has 0 spiro atoms. The van der Waals surface area contributed by atoms with E-state index in [1.165, 1.54) is 24.0 Å². The number of halogens is 2. The Morgan fingerprint density at radius 2 is 1.38 bits per heavy atom. The van der Waals surface area contributed by atoms with E-state index < -0.39 is 0 Å². The molecule has 0 amide bonds. The Morgan fingerprint density at radius 1 is 0.897 bits per heavy atom. The molecule has 0 saturated heterocycles. The summed E-state index contributed by atoms with van der Waals surface area (Å²) in [6.45, 7) is 2.08. The molecule has 0 bridgehead atoms. The van der Waals surface area contributed by atoms with E-state index in [2.05, 4.69) is 57.0 Å². The maximum atomic E-state index is 12.2. The van der Waals surface area contributed by atoms with Gasteiger partial charge in [0.25, 0.3) is 0 Å². The predicted molar refractivity (Wildman–Crippen MR) is 125 cm³/mol. The summed E-state index contributed by atoms with van der Waals surface area (Å²) >= 11 is 6.83. The molecule has 0 radical (unpaired) electrons. The number of benzene rings is 2. The third-order valence-electron chi connectivity index (χ3n) is 6.43. The van der Waals surface area contributed by atoms with Crippen LogP contribution in [0.15, 0.2) is 57.5 Å². The molecule has 0 unspecified atom stereocenters. The molecule has 2 aliphatic carbocycles. The molecule has 4 rings (SSSR count). The zero-order valence-electron chi connectivity index (χ0n) is 16.9. The number of hydrogen-bond acceptors (Lipinski definition) is 2. The van der Waals surface area contributed by atoms with E-state index in [0.717, 1.165) is 47.5 Å². The number of Topliss-reactive ketones (excluding diaryl/α,β-unsaturated/α-hetero) is 1. The van der Waals surface area contributed by atoms with Gasteiger partial charge < -0.3 is 0 Å². The highest BCUT2D eigenvalue weighted by molar-refractivity contribution is 9.10. The molecule has 0 atom stereocenters. The van der Waals surface area contributed by atoms with Crippen molar-refractivity contribution in [2.45, 2.75) is 69.1 Å². The van der Waals surface area contributed by atoms with Gasteiger partial charge in [-0.25, -0.2) is 0 Å². The van der Waals surface area contributed by atoms with Gasteiger partial charge in [-0.15, -0.1) is 0 Å². The summed E-state index contributed by atoms with van der Waals surface area (Å²) in [6.07, 6.45) is 8.15. The van der Waals surface area contributed by atoms with Crippen molar-refractivity contribution in [1.82, 2.24) is 0 Å². The average molecular weight is 517 g/mol. The first kappa shape index (κ1) is 22.2. The van der Waals surface area contributed by atoms with Crippen LogP contribution in [0.3, 0.4) is 0 Å². The maximum absolute atomic E-state index is 12.2. The highest BCUT2D eigenvalue weighted by Crippen LogP contribution is 2.45. The number of carbonyl (C=O) groups is 1. The Kier molecular flexibility index (Phi) is 7.35. The summed E-state index contributed by atoms with van der Waals surface area (Å²) in [5.74, 6) is 0.434. The Morgan fingerprint density at radius 3 is 1.72 bits per heavy atom. The molecule has 152 valence electrons. The van der Waals surface area contributed by atoms with Gasteiger partial charge in [-0.05, 0) is 73.9 Å². The van der Waals surface area contributed by atoms with Crippen molar-refractivity contribution in [3.8, 4) is 6.07 Å². The molecule has 0 N–H and O–H groups in total. The summed E-state index contributed by atoms with van der Waals surface area (Å²) < 4.78 is 2.15. The second-order valence-corrected chi connectivity index (χ2v) is 10.0. The van der Waals surface area contributed by atoms with E-state index in [1.54, 1.807) is 0 Å². The van der Waals surface area contributed by atoms with E-state index in [4.69, 9.17) is 5.26 Å². The monoisotopic (exact) mass is 515 g/mol. The van der Waals surface area contributed by atoms with Gasteiger partial charge in [0.2, 0.25) is 0 Å². The Bertz CT molecular complexity index is 873. The van der Waals surface area contributed by atoms with Crippen LogP contribution in [0.5, 0.6) is 0 Å². The van der Waals surface area contributed by atoms with Crippen LogP contribution < -0.4 is 0 Å². The largest absolute Gasteiger partial charge is 0.299 e. The highest BCUT2D eigenvalue weighted by atomic mass is 79.9. The highest BCUT2D eigenvalue weighted by Gasteiger charge is 2.44. The molecule has 29 heavy (non-hydrogen) atoms. The molecular formula is C25H27Br2NO. The van der Waals surface area contributed by atoms with Crippen molar-refractivity contribution in [1.29, 1.82) is 5.26 Å². The van der Waals surface area contributed by atoms with Crippen LogP contribution in [0.1, 0.15) is 69.4 Å². The number of rotatable bonds is 5.